The van der Waals surface area contributed by atoms with Crippen LogP contribution in [0.3, 0.4) is 0 Å². The van der Waals surface area contributed by atoms with Crippen LogP contribution in [0, 0.1) is 19.7 Å². The van der Waals surface area contributed by atoms with Gasteiger partial charge in [-0.3, -0.25) is 4.79 Å². The van der Waals surface area contributed by atoms with Gasteiger partial charge in [-0.05, 0) is 55.7 Å². The number of nitrogens with zero attached hydrogens (tertiary/aromatic N) is 2. The molecule has 1 heterocycles. The highest BCUT2D eigenvalue weighted by Crippen LogP contribution is 2.25. The minimum atomic E-state index is -0.340. The van der Waals surface area contributed by atoms with E-state index in [4.69, 9.17) is 11.6 Å². The number of amides is 1. The van der Waals surface area contributed by atoms with E-state index < -0.39 is 0 Å². The number of nitrogens with one attached hydrogen (secondary N) is 2. The van der Waals surface area contributed by atoms with E-state index in [2.05, 4.69) is 20.6 Å². The number of rotatable bonds is 6. The molecule has 3 aromatic rings. The van der Waals surface area contributed by atoms with E-state index in [0.29, 0.717) is 35.2 Å². The highest BCUT2D eigenvalue weighted by Gasteiger charge is 2.12. The molecule has 7 heteroatoms. The summed E-state index contributed by atoms with van der Waals surface area (Å²) in [5.41, 5.74) is 3.08. The van der Waals surface area contributed by atoms with Crippen LogP contribution in [0.4, 0.5) is 16.0 Å². The number of hydrogen-bond acceptors (Lipinski definition) is 4. The number of aryl methyl sites for hydroxylation is 1. The van der Waals surface area contributed by atoms with Crippen molar-refractivity contribution >= 4 is 29.1 Å². The number of carbonyl (C=O) groups excluding carboxylic acids is 1. The molecular formula is C21H20ClFN4O. The molecule has 0 atom stereocenters. The highest BCUT2D eigenvalue weighted by molar-refractivity contribution is 6.31. The molecule has 0 fully saturated rings. The number of carbonyl (C=O) groups is 1. The van der Waals surface area contributed by atoms with Crippen LogP contribution in [0.5, 0.6) is 0 Å². The third-order valence-electron chi connectivity index (χ3n) is 4.24. The first-order valence-electron chi connectivity index (χ1n) is 8.83. The SMILES string of the molecule is Cc1cc(C(=O)NCCc2ccccc2F)nc(Nc2cccc(Cl)c2C)n1. The maximum atomic E-state index is 13.7. The molecule has 1 amide bonds. The predicted molar refractivity (Wildman–Crippen MR) is 109 cm³/mol. The number of halogens is 2. The van der Waals surface area contributed by atoms with Gasteiger partial charge in [-0.1, -0.05) is 35.9 Å². The van der Waals surface area contributed by atoms with Gasteiger partial charge >= 0.3 is 0 Å². The number of benzene rings is 2. The monoisotopic (exact) mass is 398 g/mol. The number of aromatic nitrogens is 2. The zero-order chi connectivity index (χ0) is 20.1. The summed E-state index contributed by atoms with van der Waals surface area (Å²) in [5, 5.41) is 6.50. The lowest BCUT2D eigenvalue weighted by Crippen LogP contribution is -2.27. The molecular weight excluding hydrogens is 379 g/mol. The summed E-state index contributed by atoms with van der Waals surface area (Å²) in [5.74, 6) is -0.310. The zero-order valence-electron chi connectivity index (χ0n) is 15.6. The Bertz CT molecular complexity index is 1010. The average Bonchev–Trinajstić information content (AvgIpc) is 2.66. The second kappa shape index (κ2) is 8.80. The largest absolute Gasteiger partial charge is 0.350 e. The average molecular weight is 399 g/mol. The Kier molecular flexibility index (Phi) is 6.21. The van der Waals surface area contributed by atoms with E-state index >= 15 is 0 Å². The lowest BCUT2D eigenvalue weighted by Gasteiger charge is -2.11. The Morgan fingerprint density at radius 1 is 1.11 bits per heavy atom. The summed E-state index contributed by atoms with van der Waals surface area (Å²) in [6, 6.07) is 13.6. The minimum absolute atomic E-state index is 0.239. The topological polar surface area (TPSA) is 66.9 Å². The molecule has 2 N–H and O–H groups in total. The lowest BCUT2D eigenvalue weighted by atomic mass is 10.1. The summed E-state index contributed by atoms with van der Waals surface area (Å²) in [7, 11) is 0. The van der Waals surface area contributed by atoms with Crippen molar-refractivity contribution in [2.24, 2.45) is 0 Å². The summed E-state index contributed by atoms with van der Waals surface area (Å²) >= 11 is 6.14. The Morgan fingerprint density at radius 2 is 1.89 bits per heavy atom. The van der Waals surface area contributed by atoms with E-state index in [1.54, 1.807) is 37.3 Å². The van der Waals surface area contributed by atoms with Crippen LogP contribution in [-0.4, -0.2) is 22.4 Å². The fraction of sp³-hybridized carbons (Fsp3) is 0.190. The van der Waals surface area contributed by atoms with Crippen molar-refractivity contribution in [2.45, 2.75) is 20.3 Å². The van der Waals surface area contributed by atoms with E-state index in [-0.39, 0.29) is 17.4 Å². The van der Waals surface area contributed by atoms with Crippen LogP contribution < -0.4 is 10.6 Å². The first kappa shape index (κ1) is 19.8. The van der Waals surface area contributed by atoms with Gasteiger partial charge in [0, 0.05) is 22.9 Å². The summed E-state index contributed by atoms with van der Waals surface area (Å²) in [6.45, 7) is 3.98. The van der Waals surface area contributed by atoms with Crippen molar-refractivity contribution in [3.8, 4) is 0 Å². The number of anilines is 2. The van der Waals surface area contributed by atoms with Crippen molar-refractivity contribution in [3.05, 3.63) is 81.9 Å². The molecule has 2 aromatic carbocycles. The molecule has 1 aromatic heterocycles. The first-order valence-corrected chi connectivity index (χ1v) is 9.21. The minimum Gasteiger partial charge on any atom is -0.350 e. The predicted octanol–water partition coefficient (Wildman–Crippen LogP) is 4.60. The smallest absolute Gasteiger partial charge is 0.270 e. The Labute approximate surface area is 168 Å². The van der Waals surface area contributed by atoms with Gasteiger partial charge in [0.15, 0.2) is 0 Å². The first-order chi connectivity index (χ1) is 13.4. The maximum Gasteiger partial charge on any atom is 0.270 e. The molecule has 0 radical (unpaired) electrons. The van der Waals surface area contributed by atoms with Gasteiger partial charge in [-0.2, -0.15) is 0 Å². The van der Waals surface area contributed by atoms with Crippen LogP contribution in [0.2, 0.25) is 5.02 Å². The van der Waals surface area contributed by atoms with Crippen LogP contribution in [-0.2, 0) is 6.42 Å². The van der Waals surface area contributed by atoms with Gasteiger partial charge in [-0.15, -0.1) is 0 Å². The molecule has 0 unspecified atom stereocenters. The van der Waals surface area contributed by atoms with Gasteiger partial charge in [0.25, 0.3) is 5.91 Å². The van der Waals surface area contributed by atoms with E-state index in [9.17, 15) is 9.18 Å². The Hall–Kier alpha value is -2.99. The van der Waals surface area contributed by atoms with Crippen molar-refractivity contribution in [2.75, 3.05) is 11.9 Å². The van der Waals surface area contributed by atoms with Crippen LogP contribution >= 0.6 is 11.6 Å². The summed E-state index contributed by atoms with van der Waals surface area (Å²) in [6.07, 6.45) is 0.398. The van der Waals surface area contributed by atoms with Crippen LogP contribution in [0.15, 0.2) is 48.5 Å². The quantitative estimate of drug-likeness (QED) is 0.636. The van der Waals surface area contributed by atoms with Crippen molar-refractivity contribution in [1.82, 2.24) is 15.3 Å². The molecule has 0 aliphatic carbocycles. The normalized spacial score (nSPS) is 10.6. The standard InChI is InChI=1S/C21H20ClFN4O/c1-13-12-19(20(28)24-11-10-15-6-3-4-8-17(15)23)27-21(25-13)26-18-9-5-7-16(22)14(18)2/h3-9,12H,10-11H2,1-2H3,(H,24,28)(H,25,26,27). The fourth-order valence-corrected chi connectivity index (χ4v) is 2.88. The molecule has 0 saturated carbocycles. The molecule has 3 rings (SSSR count). The number of hydrogen-bond donors (Lipinski definition) is 2. The molecule has 0 bridgehead atoms. The lowest BCUT2D eigenvalue weighted by molar-refractivity contribution is 0.0949. The molecule has 0 spiro atoms. The molecule has 0 aliphatic heterocycles. The second-order valence-electron chi connectivity index (χ2n) is 6.35. The van der Waals surface area contributed by atoms with Gasteiger partial charge in [-0.25, -0.2) is 14.4 Å². The molecule has 28 heavy (non-hydrogen) atoms. The van der Waals surface area contributed by atoms with Gasteiger partial charge < -0.3 is 10.6 Å². The molecule has 0 saturated heterocycles. The highest BCUT2D eigenvalue weighted by atomic mass is 35.5. The molecule has 144 valence electrons. The summed E-state index contributed by atoms with van der Waals surface area (Å²) < 4.78 is 13.7. The second-order valence-corrected chi connectivity index (χ2v) is 6.76. The third-order valence-corrected chi connectivity index (χ3v) is 4.65. The fourth-order valence-electron chi connectivity index (χ4n) is 2.71. The van der Waals surface area contributed by atoms with Gasteiger partial charge in [0.1, 0.15) is 11.5 Å². The maximum absolute atomic E-state index is 13.7. The van der Waals surface area contributed by atoms with Crippen LogP contribution in [0.25, 0.3) is 0 Å². The van der Waals surface area contributed by atoms with E-state index in [1.165, 1.54) is 6.07 Å². The zero-order valence-corrected chi connectivity index (χ0v) is 16.3. The Morgan fingerprint density at radius 3 is 2.68 bits per heavy atom. The summed E-state index contributed by atoms with van der Waals surface area (Å²) in [4.78, 5) is 21.1. The van der Waals surface area contributed by atoms with Gasteiger partial charge in [0.05, 0.1) is 0 Å². The van der Waals surface area contributed by atoms with Crippen molar-refractivity contribution in [1.29, 1.82) is 0 Å². The van der Waals surface area contributed by atoms with E-state index in [0.717, 1.165) is 11.3 Å². The third kappa shape index (κ3) is 4.84. The van der Waals surface area contributed by atoms with Crippen LogP contribution in [0.1, 0.15) is 27.3 Å². The Balaban J connectivity index is 1.69. The van der Waals surface area contributed by atoms with Crippen molar-refractivity contribution < 1.29 is 9.18 Å². The van der Waals surface area contributed by atoms with Gasteiger partial charge in [0.2, 0.25) is 5.95 Å². The van der Waals surface area contributed by atoms with E-state index in [1.807, 2.05) is 19.1 Å². The van der Waals surface area contributed by atoms with Crippen molar-refractivity contribution in [3.63, 3.8) is 0 Å². The molecule has 0 aliphatic rings. The molecule has 5 nitrogen and oxygen atoms in total.